The van der Waals surface area contributed by atoms with Crippen LogP contribution in [-0.4, -0.2) is 14.8 Å². The van der Waals surface area contributed by atoms with E-state index < -0.39 is 0 Å². The number of thioether (sulfide) groups is 1. The van der Waals surface area contributed by atoms with Crippen molar-refractivity contribution >= 4 is 23.1 Å². The zero-order chi connectivity index (χ0) is 16.4. The van der Waals surface area contributed by atoms with Gasteiger partial charge in [-0.05, 0) is 30.5 Å². The monoisotopic (exact) mass is 347 g/mol. The average molecular weight is 347 g/mol. The number of halogens is 1. The molecule has 0 saturated heterocycles. The summed E-state index contributed by atoms with van der Waals surface area (Å²) in [6, 6.07) is 6.84. The van der Waals surface area contributed by atoms with Gasteiger partial charge in [0.1, 0.15) is 5.82 Å². The standard InChI is InChI=1S/C17H18FN3S2/c1-4-13-11(2)22-10-14(13)16-19-20-17(21(16)3)23-9-12-7-5-6-8-15(12)18/h5-8,10H,4,9H2,1-3H3. The first kappa shape index (κ1) is 16.2. The Morgan fingerprint density at radius 3 is 2.78 bits per heavy atom. The minimum Gasteiger partial charge on any atom is -0.305 e. The molecule has 0 fully saturated rings. The first-order valence-electron chi connectivity index (χ1n) is 7.44. The molecular formula is C17H18FN3S2. The lowest BCUT2D eigenvalue weighted by Gasteiger charge is -2.05. The Kier molecular flexibility index (Phi) is 4.82. The highest BCUT2D eigenvalue weighted by Crippen LogP contribution is 2.32. The number of hydrogen-bond acceptors (Lipinski definition) is 4. The molecule has 6 heteroatoms. The third-order valence-electron chi connectivity index (χ3n) is 3.85. The molecule has 3 aromatic rings. The van der Waals surface area contributed by atoms with Crippen LogP contribution in [-0.2, 0) is 19.2 Å². The normalized spacial score (nSPS) is 11.1. The second-order valence-corrected chi connectivity index (χ2v) is 7.31. The topological polar surface area (TPSA) is 30.7 Å². The van der Waals surface area contributed by atoms with Gasteiger partial charge < -0.3 is 4.57 Å². The van der Waals surface area contributed by atoms with Crippen molar-refractivity contribution in [3.05, 3.63) is 51.5 Å². The van der Waals surface area contributed by atoms with Crippen molar-refractivity contribution in [2.24, 2.45) is 7.05 Å². The summed E-state index contributed by atoms with van der Waals surface area (Å²) >= 11 is 3.25. The van der Waals surface area contributed by atoms with Crippen LogP contribution in [0.25, 0.3) is 11.4 Å². The van der Waals surface area contributed by atoms with Gasteiger partial charge in [0.2, 0.25) is 0 Å². The lowest BCUT2D eigenvalue weighted by Crippen LogP contribution is -1.97. The number of benzene rings is 1. The molecule has 1 aromatic carbocycles. The number of hydrogen-bond donors (Lipinski definition) is 0. The van der Waals surface area contributed by atoms with E-state index in [9.17, 15) is 4.39 Å². The van der Waals surface area contributed by atoms with E-state index in [0.29, 0.717) is 11.3 Å². The maximum Gasteiger partial charge on any atom is 0.191 e. The summed E-state index contributed by atoms with van der Waals surface area (Å²) < 4.78 is 15.7. The zero-order valence-electron chi connectivity index (χ0n) is 13.3. The highest BCUT2D eigenvalue weighted by atomic mass is 32.2. The number of aromatic nitrogens is 3. The lowest BCUT2D eigenvalue weighted by molar-refractivity contribution is 0.617. The Hall–Kier alpha value is -1.66. The Morgan fingerprint density at radius 1 is 1.26 bits per heavy atom. The smallest absolute Gasteiger partial charge is 0.191 e. The van der Waals surface area contributed by atoms with Crippen molar-refractivity contribution in [1.29, 1.82) is 0 Å². The van der Waals surface area contributed by atoms with Gasteiger partial charge in [-0.1, -0.05) is 36.9 Å². The van der Waals surface area contributed by atoms with Gasteiger partial charge in [0.25, 0.3) is 0 Å². The van der Waals surface area contributed by atoms with Crippen LogP contribution in [0.3, 0.4) is 0 Å². The van der Waals surface area contributed by atoms with E-state index in [1.165, 1.54) is 28.3 Å². The van der Waals surface area contributed by atoms with Crippen LogP contribution in [0.1, 0.15) is 22.9 Å². The van der Waals surface area contributed by atoms with Crippen LogP contribution >= 0.6 is 23.1 Å². The second kappa shape index (κ2) is 6.84. The second-order valence-electron chi connectivity index (χ2n) is 5.28. The van der Waals surface area contributed by atoms with Crippen LogP contribution < -0.4 is 0 Å². The fourth-order valence-electron chi connectivity index (χ4n) is 2.54. The van der Waals surface area contributed by atoms with Crippen molar-refractivity contribution < 1.29 is 4.39 Å². The largest absolute Gasteiger partial charge is 0.305 e. The molecule has 0 saturated carbocycles. The molecule has 0 aliphatic carbocycles. The molecule has 0 radical (unpaired) electrons. The molecule has 0 amide bonds. The predicted molar refractivity (Wildman–Crippen MR) is 94.4 cm³/mol. The summed E-state index contributed by atoms with van der Waals surface area (Å²) in [4.78, 5) is 1.33. The summed E-state index contributed by atoms with van der Waals surface area (Å²) in [5.74, 6) is 1.24. The number of rotatable bonds is 5. The van der Waals surface area contributed by atoms with Crippen molar-refractivity contribution in [2.75, 3.05) is 0 Å². The first-order chi connectivity index (χ1) is 11.1. The Bertz CT molecular complexity index is 823. The Labute approximate surface area is 143 Å². The third kappa shape index (κ3) is 3.19. The Balaban J connectivity index is 1.84. The van der Waals surface area contributed by atoms with E-state index >= 15 is 0 Å². The summed E-state index contributed by atoms with van der Waals surface area (Å²) in [5.41, 5.74) is 3.17. The van der Waals surface area contributed by atoms with E-state index in [1.54, 1.807) is 23.5 Å². The molecule has 23 heavy (non-hydrogen) atoms. The van der Waals surface area contributed by atoms with E-state index in [1.807, 2.05) is 17.7 Å². The number of thiophene rings is 1. The molecule has 0 bridgehead atoms. The molecule has 2 heterocycles. The number of nitrogens with zero attached hydrogens (tertiary/aromatic N) is 3. The zero-order valence-corrected chi connectivity index (χ0v) is 15.0. The van der Waals surface area contributed by atoms with Crippen molar-refractivity contribution in [1.82, 2.24) is 14.8 Å². The van der Waals surface area contributed by atoms with Gasteiger partial charge in [-0.3, -0.25) is 0 Å². The van der Waals surface area contributed by atoms with Gasteiger partial charge in [0, 0.05) is 28.6 Å². The third-order valence-corrected chi connectivity index (χ3v) is 5.87. The molecule has 3 rings (SSSR count). The fraction of sp³-hybridized carbons (Fsp3) is 0.294. The maximum absolute atomic E-state index is 13.7. The highest BCUT2D eigenvalue weighted by molar-refractivity contribution is 7.98. The van der Waals surface area contributed by atoms with Crippen molar-refractivity contribution in [3.63, 3.8) is 0 Å². The minimum absolute atomic E-state index is 0.177. The van der Waals surface area contributed by atoms with Crippen LogP contribution in [0, 0.1) is 12.7 Å². The first-order valence-corrected chi connectivity index (χ1v) is 9.31. The molecule has 0 aliphatic rings. The number of aryl methyl sites for hydroxylation is 1. The van der Waals surface area contributed by atoms with Crippen LogP contribution in [0.2, 0.25) is 0 Å². The van der Waals surface area contributed by atoms with E-state index in [2.05, 4.69) is 29.4 Å². The van der Waals surface area contributed by atoms with Crippen LogP contribution in [0.15, 0.2) is 34.8 Å². The maximum atomic E-state index is 13.7. The molecule has 2 aromatic heterocycles. The molecule has 0 N–H and O–H groups in total. The molecule has 0 spiro atoms. The predicted octanol–water partition coefficient (Wildman–Crippen LogP) is 4.85. The SMILES string of the molecule is CCc1c(-c2nnc(SCc3ccccc3F)n2C)csc1C. The van der Waals surface area contributed by atoms with Crippen LogP contribution in [0.4, 0.5) is 4.39 Å². The van der Waals surface area contributed by atoms with Gasteiger partial charge >= 0.3 is 0 Å². The van der Waals surface area contributed by atoms with Gasteiger partial charge in [-0.25, -0.2) is 4.39 Å². The lowest BCUT2D eigenvalue weighted by atomic mass is 10.1. The minimum atomic E-state index is -0.177. The summed E-state index contributed by atoms with van der Waals surface area (Å²) in [7, 11) is 1.96. The molecular weight excluding hydrogens is 329 g/mol. The molecule has 120 valence electrons. The van der Waals surface area contributed by atoms with Gasteiger partial charge in [0.05, 0.1) is 0 Å². The van der Waals surface area contributed by atoms with E-state index in [0.717, 1.165) is 23.0 Å². The van der Waals surface area contributed by atoms with Gasteiger partial charge in [-0.15, -0.1) is 21.5 Å². The van der Waals surface area contributed by atoms with E-state index in [4.69, 9.17) is 0 Å². The van der Waals surface area contributed by atoms with Gasteiger partial charge in [0.15, 0.2) is 11.0 Å². The summed E-state index contributed by atoms with van der Waals surface area (Å²) in [6.45, 7) is 4.29. The van der Waals surface area contributed by atoms with Gasteiger partial charge in [-0.2, -0.15) is 0 Å². The summed E-state index contributed by atoms with van der Waals surface area (Å²) in [5, 5.41) is 11.6. The average Bonchev–Trinajstić information content (AvgIpc) is 3.09. The molecule has 0 atom stereocenters. The molecule has 0 unspecified atom stereocenters. The van der Waals surface area contributed by atoms with E-state index in [-0.39, 0.29) is 5.82 Å². The Morgan fingerprint density at radius 2 is 2.04 bits per heavy atom. The fourth-order valence-corrected chi connectivity index (χ4v) is 4.38. The van der Waals surface area contributed by atoms with Crippen molar-refractivity contribution in [2.45, 2.75) is 31.2 Å². The summed E-state index contributed by atoms with van der Waals surface area (Å²) in [6.07, 6.45) is 0.981. The quantitative estimate of drug-likeness (QED) is 0.618. The van der Waals surface area contributed by atoms with Crippen LogP contribution in [0.5, 0.6) is 0 Å². The molecule has 0 aliphatic heterocycles. The molecule has 3 nitrogen and oxygen atoms in total. The highest BCUT2D eigenvalue weighted by Gasteiger charge is 2.17. The van der Waals surface area contributed by atoms with Crippen molar-refractivity contribution in [3.8, 4) is 11.4 Å².